The van der Waals surface area contributed by atoms with Gasteiger partial charge in [-0.3, -0.25) is 9.69 Å². The van der Waals surface area contributed by atoms with Gasteiger partial charge in [-0.1, -0.05) is 6.07 Å². The fourth-order valence-corrected chi connectivity index (χ4v) is 3.55. The summed E-state index contributed by atoms with van der Waals surface area (Å²) in [5.74, 6) is -0.604. The van der Waals surface area contributed by atoms with Crippen LogP contribution in [-0.2, 0) is 0 Å². The molecular weight excluding hydrogens is 361 g/mol. The number of benzene rings is 2. The molecule has 0 saturated carbocycles. The third-order valence-electron chi connectivity index (χ3n) is 5.09. The second kappa shape index (κ2) is 8.04. The highest BCUT2D eigenvalue weighted by Crippen LogP contribution is 2.25. The summed E-state index contributed by atoms with van der Waals surface area (Å²) in [5, 5.41) is 19.6. The van der Waals surface area contributed by atoms with E-state index in [-0.39, 0.29) is 12.5 Å². The number of aromatic amines is 1. The molecule has 0 spiro atoms. The van der Waals surface area contributed by atoms with Gasteiger partial charge in [-0.05, 0) is 47.9 Å². The normalized spacial score (nSPS) is 15.3. The van der Waals surface area contributed by atoms with Gasteiger partial charge in [0.1, 0.15) is 16.9 Å². The summed E-state index contributed by atoms with van der Waals surface area (Å²) in [6.45, 7) is 3.72. The predicted octanol–water partition coefficient (Wildman–Crippen LogP) is 1.90. The topological polar surface area (TPSA) is 85.4 Å². The van der Waals surface area contributed by atoms with Gasteiger partial charge in [0.05, 0.1) is 0 Å². The summed E-state index contributed by atoms with van der Waals surface area (Å²) in [7, 11) is 0. The largest absolute Gasteiger partial charge is 0.396 e. The average molecular weight is 383 g/mol. The molecule has 1 aliphatic rings. The summed E-state index contributed by atoms with van der Waals surface area (Å²) in [6.07, 6.45) is 0.733. The predicted molar refractivity (Wildman–Crippen MR) is 103 cm³/mol. The Kier molecular flexibility index (Phi) is 5.31. The van der Waals surface area contributed by atoms with E-state index in [0.717, 1.165) is 37.1 Å². The molecule has 0 atom stereocenters. The number of piperazine rings is 1. The lowest BCUT2D eigenvalue weighted by atomic mass is 10.0. The molecule has 1 saturated heterocycles. The molecule has 146 valence electrons. The van der Waals surface area contributed by atoms with Gasteiger partial charge in [0.25, 0.3) is 5.91 Å². The van der Waals surface area contributed by atoms with Gasteiger partial charge in [0, 0.05) is 44.9 Å². The Morgan fingerprint density at radius 2 is 1.82 bits per heavy atom. The lowest BCUT2D eigenvalue weighted by molar-refractivity contribution is 0.0628. The maximum absolute atomic E-state index is 14.3. The van der Waals surface area contributed by atoms with E-state index in [9.17, 15) is 9.18 Å². The number of hydrogen-bond acceptors (Lipinski definition) is 5. The highest BCUT2D eigenvalue weighted by atomic mass is 19.1. The minimum absolute atomic E-state index is 0.162. The van der Waals surface area contributed by atoms with Gasteiger partial charge >= 0.3 is 0 Å². The number of carbonyl (C=O) groups is 1. The van der Waals surface area contributed by atoms with Crippen LogP contribution in [0, 0.1) is 5.82 Å². The number of H-pyrrole nitrogens is 1. The number of aliphatic hydroxyl groups excluding tert-OH is 1. The fraction of sp³-hybridized carbons (Fsp3) is 0.350. The second-order valence-electron chi connectivity index (χ2n) is 6.97. The van der Waals surface area contributed by atoms with Crippen molar-refractivity contribution in [2.75, 3.05) is 39.3 Å². The number of halogens is 1. The number of fused-ring (bicyclic) bond motifs is 1. The molecule has 2 N–H and O–H groups in total. The Morgan fingerprint density at radius 1 is 1.04 bits per heavy atom. The Balaban J connectivity index is 1.53. The molecule has 0 unspecified atom stereocenters. The molecule has 4 rings (SSSR count). The smallest absolute Gasteiger partial charge is 0.254 e. The number of carbonyl (C=O) groups excluding carboxylic acids is 1. The van der Waals surface area contributed by atoms with Gasteiger partial charge in [0.15, 0.2) is 0 Å². The van der Waals surface area contributed by atoms with Gasteiger partial charge in [-0.25, -0.2) is 4.39 Å². The Labute approximate surface area is 161 Å². The Hall–Kier alpha value is -2.84. The molecule has 2 aromatic carbocycles. The summed E-state index contributed by atoms with van der Waals surface area (Å²) < 4.78 is 14.3. The summed E-state index contributed by atoms with van der Waals surface area (Å²) in [6, 6.07) is 9.91. The molecule has 8 heteroatoms. The van der Waals surface area contributed by atoms with Crippen molar-refractivity contribution >= 4 is 16.9 Å². The fourth-order valence-electron chi connectivity index (χ4n) is 3.55. The van der Waals surface area contributed by atoms with Crippen molar-refractivity contribution in [3.63, 3.8) is 0 Å². The van der Waals surface area contributed by atoms with Crippen LogP contribution in [0.2, 0.25) is 0 Å². The molecule has 0 bridgehead atoms. The molecule has 0 aliphatic carbocycles. The van der Waals surface area contributed by atoms with Crippen LogP contribution >= 0.6 is 0 Å². The minimum atomic E-state index is -0.442. The highest BCUT2D eigenvalue weighted by molar-refractivity contribution is 5.96. The summed E-state index contributed by atoms with van der Waals surface area (Å²) >= 11 is 0. The lowest BCUT2D eigenvalue weighted by Crippen LogP contribution is -2.48. The highest BCUT2D eigenvalue weighted by Gasteiger charge is 2.22. The molecule has 28 heavy (non-hydrogen) atoms. The molecule has 7 nitrogen and oxygen atoms in total. The molecule has 1 aliphatic heterocycles. The SMILES string of the molecule is O=C(c1cc(F)cc(-c2ccc3n[nH]nc3c2)c1)N1CCN(CCCO)CC1. The third-order valence-corrected chi connectivity index (χ3v) is 5.09. The van der Waals surface area contributed by atoms with Crippen LogP contribution in [-0.4, -0.2) is 75.6 Å². The number of aromatic nitrogens is 3. The van der Waals surface area contributed by atoms with E-state index in [0.29, 0.717) is 29.7 Å². The third kappa shape index (κ3) is 3.88. The number of amides is 1. The first-order chi connectivity index (χ1) is 13.6. The van der Waals surface area contributed by atoms with Crippen molar-refractivity contribution in [3.8, 4) is 11.1 Å². The van der Waals surface area contributed by atoms with E-state index in [1.165, 1.54) is 12.1 Å². The van der Waals surface area contributed by atoms with Crippen molar-refractivity contribution in [1.82, 2.24) is 25.2 Å². The minimum Gasteiger partial charge on any atom is -0.396 e. The zero-order chi connectivity index (χ0) is 19.5. The van der Waals surface area contributed by atoms with E-state index >= 15 is 0 Å². The van der Waals surface area contributed by atoms with E-state index in [1.54, 1.807) is 11.0 Å². The average Bonchev–Trinajstić information content (AvgIpc) is 3.19. The van der Waals surface area contributed by atoms with Crippen LogP contribution in [0.4, 0.5) is 4.39 Å². The second-order valence-corrected chi connectivity index (χ2v) is 6.97. The van der Waals surface area contributed by atoms with E-state index in [4.69, 9.17) is 5.11 Å². The van der Waals surface area contributed by atoms with Crippen molar-refractivity contribution in [3.05, 3.63) is 47.8 Å². The lowest BCUT2D eigenvalue weighted by Gasteiger charge is -2.34. The van der Waals surface area contributed by atoms with E-state index in [1.807, 2.05) is 18.2 Å². The number of aliphatic hydroxyl groups is 1. The van der Waals surface area contributed by atoms with Gasteiger partial charge in [-0.15, -0.1) is 0 Å². The maximum atomic E-state index is 14.3. The molecule has 0 radical (unpaired) electrons. The van der Waals surface area contributed by atoms with E-state index in [2.05, 4.69) is 20.3 Å². The Morgan fingerprint density at radius 3 is 2.61 bits per heavy atom. The zero-order valence-corrected chi connectivity index (χ0v) is 15.4. The quantitative estimate of drug-likeness (QED) is 0.703. The van der Waals surface area contributed by atoms with Gasteiger partial charge in [0.2, 0.25) is 0 Å². The van der Waals surface area contributed by atoms with Crippen molar-refractivity contribution < 1.29 is 14.3 Å². The Bertz CT molecular complexity index is 982. The van der Waals surface area contributed by atoms with Crippen LogP contribution in [0.3, 0.4) is 0 Å². The van der Waals surface area contributed by atoms with Crippen molar-refractivity contribution in [1.29, 1.82) is 0 Å². The molecule has 3 aromatic rings. The number of nitrogens with zero attached hydrogens (tertiary/aromatic N) is 4. The zero-order valence-electron chi connectivity index (χ0n) is 15.4. The number of nitrogens with one attached hydrogen (secondary N) is 1. The maximum Gasteiger partial charge on any atom is 0.254 e. The van der Waals surface area contributed by atoms with Gasteiger partial charge in [-0.2, -0.15) is 15.4 Å². The first-order valence-corrected chi connectivity index (χ1v) is 9.38. The van der Waals surface area contributed by atoms with Crippen molar-refractivity contribution in [2.45, 2.75) is 6.42 Å². The first kappa shape index (κ1) is 18.5. The van der Waals surface area contributed by atoms with Crippen LogP contribution in [0.1, 0.15) is 16.8 Å². The molecular formula is C20H22FN5O2. The standard InChI is InChI=1S/C20H22FN5O2/c21-17-11-15(14-2-3-18-19(13-14)23-24-22-18)10-16(12-17)20(28)26-7-5-25(6-8-26)4-1-9-27/h2-3,10-13,27H,1,4-9H2,(H,22,23,24). The monoisotopic (exact) mass is 383 g/mol. The first-order valence-electron chi connectivity index (χ1n) is 9.38. The summed E-state index contributed by atoms with van der Waals surface area (Å²) in [5.41, 5.74) is 3.18. The van der Waals surface area contributed by atoms with Gasteiger partial charge < -0.3 is 10.0 Å². The van der Waals surface area contributed by atoms with Crippen LogP contribution in [0.5, 0.6) is 0 Å². The molecule has 1 amide bonds. The van der Waals surface area contributed by atoms with Crippen LogP contribution in [0.25, 0.3) is 22.2 Å². The van der Waals surface area contributed by atoms with Crippen LogP contribution < -0.4 is 0 Å². The van der Waals surface area contributed by atoms with E-state index < -0.39 is 5.82 Å². The van der Waals surface area contributed by atoms with Crippen LogP contribution in [0.15, 0.2) is 36.4 Å². The molecule has 1 fully saturated rings. The molecule has 1 aromatic heterocycles. The molecule has 2 heterocycles. The summed E-state index contributed by atoms with van der Waals surface area (Å²) in [4.78, 5) is 16.9. The number of hydrogen-bond donors (Lipinski definition) is 2. The van der Waals surface area contributed by atoms with Crippen molar-refractivity contribution in [2.24, 2.45) is 0 Å². The number of rotatable bonds is 5.